The Balaban J connectivity index is 3.34. The molecule has 0 fully saturated rings. The Hall–Kier alpha value is -1.05. The summed E-state index contributed by atoms with van der Waals surface area (Å²) in [7, 11) is -8.05. The number of hydrogen-bond acceptors (Lipinski definition) is 5. The minimum atomic E-state index is -4.03. The maximum absolute atomic E-state index is 11.7. The fourth-order valence-corrected chi connectivity index (χ4v) is 3.32. The number of rotatable bonds is 4. The normalized spacial score (nSPS) is 13.6. The predicted octanol–water partition coefficient (Wildman–Crippen LogP) is 1.29. The van der Waals surface area contributed by atoms with Crippen LogP contribution in [0, 0.1) is 11.3 Å². The number of halogens is 2. The van der Waals surface area contributed by atoms with Crippen LogP contribution in [0.5, 0.6) is 0 Å². The Morgan fingerprint density at radius 2 is 1.70 bits per heavy atom. The van der Waals surface area contributed by atoms with Crippen molar-refractivity contribution in [1.82, 2.24) is 0 Å². The third kappa shape index (κ3) is 3.74. The van der Waals surface area contributed by atoms with E-state index >= 15 is 0 Å². The molecule has 7 nitrogen and oxygen atoms in total. The van der Waals surface area contributed by atoms with Crippen molar-refractivity contribution >= 4 is 48.9 Å². The van der Waals surface area contributed by atoms with E-state index in [9.17, 15) is 16.8 Å². The summed E-state index contributed by atoms with van der Waals surface area (Å²) >= 11 is 11.6. The third-order valence-corrected chi connectivity index (χ3v) is 5.25. The van der Waals surface area contributed by atoms with Gasteiger partial charge in [-0.05, 0) is 19.1 Å². The molecular formula is C9H9Cl2N3O4S2. The number of anilines is 1. The smallest absolute Gasteiger partial charge is 0.248 e. The Labute approximate surface area is 126 Å². The molecule has 0 spiro atoms. The highest BCUT2D eigenvalue weighted by molar-refractivity contribution is 7.93. The molecule has 20 heavy (non-hydrogen) atoms. The average molecular weight is 358 g/mol. The zero-order chi connectivity index (χ0) is 15.7. The summed E-state index contributed by atoms with van der Waals surface area (Å²) in [4.78, 5) is -0.358. The highest BCUT2D eigenvalue weighted by Crippen LogP contribution is 2.34. The van der Waals surface area contributed by atoms with Gasteiger partial charge in [-0.1, -0.05) is 23.2 Å². The standard InChI is InChI=1S/C9H9Cl2N3O4S2/c1-5(4-12)20(17,18)14-9-7(10)2-6(3-8(9)11)19(13,15)16/h2-3,5,14H,1H3,(H2,13,15,16). The van der Waals surface area contributed by atoms with E-state index in [0.717, 1.165) is 12.1 Å². The van der Waals surface area contributed by atoms with Crippen LogP contribution in [0.15, 0.2) is 17.0 Å². The number of nitriles is 1. The van der Waals surface area contributed by atoms with Crippen molar-refractivity contribution in [2.75, 3.05) is 4.72 Å². The van der Waals surface area contributed by atoms with Gasteiger partial charge in [-0.3, -0.25) is 4.72 Å². The molecule has 1 unspecified atom stereocenters. The highest BCUT2D eigenvalue weighted by Gasteiger charge is 2.23. The van der Waals surface area contributed by atoms with Crippen LogP contribution in [0.25, 0.3) is 0 Å². The largest absolute Gasteiger partial charge is 0.279 e. The van der Waals surface area contributed by atoms with E-state index in [1.165, 1.54) is 6.92 Å². The van der Waals surface area contributed by atoms with Crippen molar-refractivity contribution in [3.63, 3.8) is 0 Å². The summed E-state index contributed by atoms with van der Waals surface area (Å²) < 4.78 is 47.8. The molecule has 1 aromatic rings. The molecule has 11 heteroatoms. The van der Waals surface area contributed by atoms with Crippen molar-refractivity contribution in [2.24, 2.45) is 5.14 Å². The van der Waals surface area contributed by atoms with Gasteiger partial charge in [-0.25, -0.2) is 22.0 Å². The zero-order valence-electron chi connectivity index (χ0n) is 9.96. The van der Waals surface area contributed by atoms with Crippen LogP contribution in [-0.4, -0.2) is 22.1 Å². The zero-order valence-corrected chi connectivity index (χ0v) is 13.1. The molecule has 0 saturated heterocycles. The lowest BCUT2D eigenvalue weighted by Gasteiger charge is -2.13. The molecule has 1 atom stereocenters. The van der Waals surface area contributed by atoms with Crippen molar-refractivity contribution in [1.29, 1.82) is 5.26 Å². The molecule has 0 aliphatic rings. The van der Waals surface area contributed by atoms with E-state index in [1.807, 2.05) is 4.72 Å². The molecule has 0 aliphatic carbocycles. The molecule has 0 aromatic heterocycles. The Morgan fingerprint density at radius 1 is 1.25 bits per heavy atom. The first-order valence-corrected chi connectivity index (χ1v) is 8.77. The lowest BCUT2D eigenvalue weighted by Crippen LogP contribution is -2.24. The van der Waals surface area contributed by atoms with Crippen molar-refractivity contribution in [2.45, 2.75) is 17.1 Å². The van der Waals surface area contributed by atoms with Gasteiger partial charge in [0.2, 0.25) is 20.0 Å². The molecule has 0 bridgehead atoms. The minimum absolute atomic E-state index is 0.220. The average Bonchev–Trinajstić information content (AvgIpc) is 2.31. The van der Waals surface area contributed by atoms with Crippen LogP contribution >= 0.6 is 23.2 Å². The van der Waals surface area contributed by atoms with Crippen LogP contribution < -0.4 is 9.86 Å². The first-order valence-electron chi connectivity index (χ1n) is 4.92. The number of primary sulfonamides is 1. The van der Waals surface area contributed by atoms with Crippen LogP contribution in [0.2, 0.25) is 10.0 Å². The fourth-order valence-electron chi connectivity index (χ4n) is 1.11. The monoisotopic (exact) mass is 357 g/mol. The number of nitrogens with zero attached hydrogens (tertiary/aromatic N) is 1. The summed E-state index contributed by atoms with van der Waals surface area (Å²) in [6, 6.07) is 3.46. The van der Waals surface area contributed by atoms with Gasteiger partial charge in [0.15, 0.2) is 5.25 Å². The van der Waals surface area contributed by atoms with Gasteiger partial charge in [0.1, 0.15) is 0 Å². The molecule has 3 N–H and O–H groups in total. The lowest BCUT2D eigenvalue weighted by atomic mass is 10.3. The molecule has 0 saturated carbocycles. The van der Waals surface area contributed by atoms with E-state index in [-0.39, 0.29) is 20.6 Å². The number of sulfonamides is 2. The molecule has 0 radical (unpaired) electrons. The van der Waals surface area contributed by atoms with Gasteiger partial charge in [-0.15, -0.1) is 0 Å². The van der Waals surface area contributed by atoms with Crippen molar-refractivity contribution in [3.8, 4) is 6.07 Å². The first kappa shape index (κ1) is 17.0. The maximum atomic E-state index is 11.7. The SMILES string of the molecule is CC(C#N)S(=O)(=O)Nc1c(Cl)cc(S(N)(=O)=O)cc1Cl. The summed E-state index contributed by atoms with van der Waals surface area (Å²) in [5, 5.41) is 11.7. The molecule has 1 aromatic carbocycles. The number of benzene rings is 1. The highest BCUT2D eigenvalue weighted by atomic mass is 35.5. The summed E-state index contributed by atoms with van der Waals surface area (Å²) in [5.74, 6) is 0. The van der Waals surface area contributed by atoms with Crippen LogP contribution in [0.1, 0.15) is 6.92 Å². The fraction of sp³-hybridized carbons (Fsp3) is 0.222. The Kier molecular flexibility index (Phi) is 4.89. The van der Waals surface area contributed by atoms with Crippen LogP contribution in [0.3, 0.4) is 0 Å². The lowest BCUT2D eigenvalue weighted by molar-refractivity contribution is 0.596. The van der Waals surface area contributed by atoms with Crippen LogP contribution in [-0.2, 0) is 20.0 Å². The van der Waals surface area contributed by atoms with Gasteiger partial charge in [-0.2, -0.15) is 5.26 Å². The van der Waals surface area contributed by atoms with Gasteiger partial charge in [0.25, 0.3) is 0 Å². The van der Waals surface area contributed by atoms with E-state index in [0.29, 0.717) is 0 Å². The molecule has 0 heterocycles. The second-order valence-corrected chi connectivity index (χ2v) is 8.10. The summed E-state index contributed by atoms with van der Waals surface area (Å²) in [6.07, 6.45) is 0. The summed E-state index contributed by atoms with van der Waals surface area (Å²) in [6.45, 7) is 1.17. The van der Waals surface area contributed by atoms with E-state index in [1.54, 1.807) is 6.07 Å². The Morgan fingerprint density at radius 3 is 2.05 bits per heavy atom. The van der Waals surface area contributed by atoms with E-state index in [2.05, 4.69) is 0 Å². The number of nitrogens with one attached hydrogen (secondary N) is 1. The molecular weight excluding hydrogens is 349 g/mol. The second-order valence-electron chi connectivity index (χ2n) is 3.73. The van der Waals surface area contributed by atoms with Gasteiger partial charge in [0.05, 0.1) is 26.7 Å². The second kappa shape index (κ2) is 5.75. The van der Waals surface area contributed by atoms with Crippen LogP contribution in [0.4, 0.5) is 5.69 Å². The van der Waals surface area contributed by atoms with Gasteiger partial charge in [0, 0.05) is 0 Å². The third-order valence-electron chi connectivity index (χ3n) is 2.24. The first-order chi connectivity index (χ1) is 8.99. The molecule has 1 rings (SSSR count). The van der Waals surface area contributed by atoms with Gasteiger partial charge < -0.3 is 0 Å². The predicted molar refractivity (Wildman–Crippen MR) is 75.5 cm³/mol. The maximum Gasteiger partial charge on any atom is 0.248 e. The van der Waals surface area contributed by atoms with E-state index in [4.69, 9.17) is 33.6 Å². The Bertz CT molecular complexity index is 761. The molecule has 0 aliphatic heterocycles. The molecule has 0 amide bonds. The van der Waals surface area contributed by atoms with Gasteiger partial charge >= 0.3 is 0 Å². The van der Waals surface area contributed by atoms with Crippen molar-refractivity contribution < 1.29 is 16.8 Å². The molecule has 110 valence electrons. The topological polar surface area (TPSA) is 130 Å². The van der Waals surface area contributed by atoms with Crippen molar-refractivity contribution in [3.05, 3.63) is 22.2 Å². The number of hydrogen-bond donors (Lipinski definition) is 2. The summed E-state index contributed by atoms with van der Waals surface area (Å²) in [5.41, 5.74) is -0.220. The number of nitrogens with two attached hydrogens (primary N) is 1. The van der Waals surface area contributed by atoms with E-state index < -0.39 is 25.3 Å². The quantitative estimate of drug-likeness (QED) is 0.838. The minimum Gasteiger partial charge on any atom is -0.279 e.